The Bertz CT molecular complexity index is 668. The number of rotatable bonds is 4. The molecule has 0 aromatic heterocycles. The molecule has 26 heavy (non-hydrogen) atoms. The highest BCUT2D eigenvalue weighted by atomic mass is 32.2. The van der Waals surface area contributed by atoms with Crippen molar-refractivity contribution in [2.24, 2.45) is 0 Å². The first-order valence-corrected chi connectivity index (χ1v) is 10.4. The molecule has 1 aromatic carbocycles. The van der Waals surface area contributed by atoms with Gasteiger partial charge in [-0.25, -0.2) is 13.3 Å². The molecule has 2 aliphatic rings. The summed E-state index contributed by atoms with van der Waals surface area (Å²) in [5.41, 5.74) is 1.84. The van der Waals surface area contributed by atoms with Gasteiger partial charge in [0.2, 0.25) is 0 Å². The van der Waals surface area contributed by atoms with Crippen LogP contribution in [0.4, 0.5) is 4.79 Å². The van der Waals surface area contributed by atoms with Crippen LogP contribution in [0.5, 0.6) is 0 Å². The Hall–Kier alpha value is -1.44. The van der Waals surface area contributed by atoms with Crippen LogP contribution in [0.25, 0.3) is 0 Å². The third-order valence-corrected chi connectivity index (χ3v) is 6.25. The van der Waals surface area contributed by atoms with Crippen molar-refractivity contribution in [1.82, 2.24) is 9.62 Å². The minimum atomic E-state index is -1.10. The van der Waals surface area contributed by atoms with Crippen LogP contribution in [0.3, 0.4) is 0 Å². The molecule has 1 aliphatic heterocycles. The van der Waals surface area contributed by atoms with E-state index in [4.69, 9.17) is 9.47 Å². The summed E-state index contributed by atoms with van der Waals surface area (Å²) in [7, 11) is -1.10. The molecular formula is C19H28N2O4S. The normalized spacial score (nSPS) is 24.7. The Balaban J connectivity index is 1.71. The molecule has 144 valence electrons. The summed E-state index contributed by atoms with van der Waals surface area (Å²) < 4.78 is 25.6. The van der Waals surface area contributed by atoms with E-state index in [0.717, 1.165) is 6.42 Å². The molecule has 1 N–H and O–H groups in total. The minimum Gasteiger partial charge on any atom is -0.444 e. The van der Waals surface area contributed by atoms with E-state index in [9.17, 15) is 9.00 Å². The molecule has 0 radical (unpaired) electrons. The fourth-order valence-electron chi connectivity index (χ4n) is 3.50. The summed E-state index contributed by atoms with van der Waals surface area (Å²) in [6.45, 7) is 8.15. The Morgan fingerprint density at radius 2 is 2.00 bits per heavy atom. The Labute approximate surface area is 157 Å². The van der Waals surface area contributed by atoms with E-state index in [0.29, 0.717) is 32.1 Å². The number of alkyl carbamates (subject to hydrolysis) is 1. The zero-order valence-corrected chi connectivity index (χ0v) is 16.5. The number of ether oxygens (including phenoxy) is 2. The second-order valence-electron chi connectivity index (χ2n) is 7.79. The molecule has 1 saturated heterocycles. The summed E-state index contributed by atoms with van der Waals surface area (Å²) in [6, 6.07) is 8.06. The van der Waals surface area contributed by atoms with Gasteiger partial charge in [-0.3, -0.25) is 0 Å². The fraction of sp³-hybridized carbons (Fsp3) is 0.632. The van der Waals surface area contributed by atoms with E-state index >= 15 is 0 Å². The van der Waals surface area contributed by atoms with Gasteiger partial charge in [0.1, 0.15) is 5.60 Å². The average molecular weight is 381 g/mol. The van der Waals surface area contributed by atoms with Crippen molar-refractivity contribution in [3.05, 3.63) is 35.4 Å². The summed E-state index contributed by atoms with van der Waals surface area (Å²) in [4.78, 5) is 12.3. The van der Waals surface area contributed by atoms with Gasteiger partial charge < -0.3 is 14.8 Å². The quantitative estimate of drug-likeness (QED) is 0.870. The van der Waals surface area contributed by atoms with Gasteiger partial charge in [-0.2, -0.15) is 0 Å². The zero-order valence-electron chi connectivity index (χ0n) is 15.7. The number of nitrogens with one attached hydrogen (secondary N) is 1. The molecule has 7 heteroatoms. The summed E-state index contributed by atoms with van der Waals surface area (Å²) in [6.07, 6.45) is 0.317. The standard InChI is InChI=1S/C19H28N2O4S/c1-19(2,3)25-18(22)20-17-12-14-6-4-5-7-15(14)16(17)13-26(23)21-8-10-24-11-9-21/h4-7,16-17H,8-13H2,1-3H3,(H,20,22)/t16-,17-,26?/m1/s1. The minimum absolute atomic E-state index is 0.0161. The number of nitrogens with zero attached hydrogens (tertiary/aromatic N) is 1. The number of benzene rings is 1. The van der Waals surface area contributed by atoms with Crippen LogP contribution in [0.15, 0.2) is 24.3 Å². The lowest BCUT2D eigenvalue weighted by molar-refractivity contribution is 0.0501. The zero-order chi connectivity index (χ0) is 18.7. The monoisotopic (exact) mass is 380 g/mol. The molecule has 3 rings (SSSR count). The Morgan fingerprint density at radius 3 is 2.69 bits per heavy atom. The fourth-order valence-corrected chi connectivity index (χ4v) is 4.99. The van der Waals surface area contributed by atoms with E-state index in [1.807, 2.05) is 37.2 Å². The SMILES string of the molecule is CC(C)(C)OC(=O)N[C@@H]1Cc2ccccc2[C@H]1CS(=O)N1CCOCC1. The van der Waals surface area contributed by atoms with Crippen LogP contribution in [0, 0.1) is 0 Å². The molecule has 0 saturated carbocycles. The van der Waals surface area contributed by atoms with Crippen LogP contribution in [-0.2, 0) is 26.9 Å². The molecule has 0 spiro atoms. The predicted octanol–water partition coefficient (Wildman–Crippen LogP) is 2.22. The van der Waals surface area contributed by atoms with Crippen molar-refractivity contribution in [3.63, 3.8) is 0 Å². The van der Waals surface area contributed by atoms with Gasteiger partial charge >= 0.3 is 6.09 Å². The van der Waals surface area contributed by atoms with Gasteiger partial charge in [0.25, 0.3) is 0 Å². The maximum absolute atomic E-state index is 12.9. The van der Waals surface area contributed by atoms with Gasteiger partial charge in [0.15, 0.2) is 0 Å². The van der Waals surface area contributed by atoms with Crippen molar-refractivity contribution in [2.75, 3.05) is 32.1 Å². The number of carbonyl (C=O) groups is 1. The average Bonchev–Trinajstić information content (AvgIpc) is 2.91. The van der Waals surface area contributed by atoms with E-state index in [1.165, 1.54) is 11.1 Å². The van der Waals surface area contributed by atoms with Crippen LogP contribution >= 0.6 is 0 Å². The van der Waals surface area contributed by atoms with Crippen LogP contribution < -0.4 is 5.32 Å². The van der Waals surface area contributed by atoms with E-state index < -0.39 is 22.7 Å². The smallest absolute Gasteiger partial charge is 0.407 e. The first kappa shape index (κ1) is 19.3. The van der Waals surface area contributed by atoms with Crippen molar-refractivity contribution in [1.29, 1.82) is 0 Å². The molecule has 1 aromatic rings. The predicted molar refractivity (Wildman–Crippen MR) is 101 cm³/mol. The first-order valence-electron chi connectivity index (χ1n) is 9.12. The molecule has 1 unspecified atom stereocenters. The number of hydrogen-bond donors (Lipinski definition) is 1. The van der Waals surface area contributed by atoms with Crippen molar-refractivity contribution in [3.8, 4) is 0 Å². The summed E-state index contributed by atoms with van der Waals surface area (Å²) in [5, 5.41) is 3.00. The number of morpholine rings is 1. The van der Waals surface area contributed by atoms with Gasteiger partial charge in [-0.15, -0.1) is 0 Å². The molecule has 6 nitrogen and oxygen atoms in total. The number of amides is 1. The number of hydrogen-bond acceptors (Lipinski definition) is 4. The Kier molecular flexibility index (Phi) is 5.99. The highest BCUT2D eigenvalue weighted by molar-refractivity contribution is 7.82. The Morgan fingerprint density at radius 1 is 1.31 bits per heavy atom. The lowest BCUT2D eigenvalue weighted by Gasteiger charge is -2.29. The van der Waals surface area contributed by atoms with Crippen molar-refractivity contribution < 1.29 is 18.5 Å². The third-order valence-electron chi connectivity index (χ3n) is 4.66. The summed E-state index contributed by atoms with van der Waals surface area (Å²) in [5.74, 6) is 0.514. The van der Waals surface area contributed by atoms with Crippen LogP contribution in [0.1, 0.15) is 37.8 Å². The van der Waals surface area contributed by atoms with Gasteiger partial charge in [-0.05, 0) is 38.3 Å². The van der Waals surface area contributed by atoms with E-state index in [2.05, 4.69) is 17.4 Å². The summed E-state index contributed by atoms with van der Waals surface area (Å²) >= 11 is 0. The van der Waals surface area contributed by atoms with Crippen LogP contribution in [0.2, 0.25) is 0 Å². The highest BCUT2D eigenvalue weighted by Crippen LogP contribution is 2.34. The molecular weight excluding hydrogens is 352 g/mol. The molecule has 1 aliphatic carbocycles. The number of fused-ring (bicyclic) bond motifs is 1. The number of carbonyl (C=O) groups excluding carboxylic acids is 1. The van der Waals surface area contributed by atoms with Crippen molar-refractivity contribution in [2.45, 2.75) is 44.8 Å². The van der Waals surface area contributed by atoms with Gasteiger partial charge in [-0.1, -0.05) is 24.3 Å². The highest BCUT2D eigenvalue weighted by Gasteiger charge is 2.36. The molecule has 1 amide bonds. The second-order valence-corrected chi connectivity index (χ2v) is 9.28. The molecule has 1 fully saturated rings. The van der Waals surface area contributed by atoms with Crippen molar-refractivity contribution >= 4 is 17.1 Å². The molecule has 3 atom stereocenters. The van der Waals surface area contributed by atoms with Crippen LogP contribution in [-0.4, -0.2) is 58.3 Å². The first-order chi connectivity index (χ1) is 12.3. The second kappa shape index (κ2) is 8.06. The lowest BCUT2D eigenvalue weighted by atomic mass is 10.0. The molecule has 0 bridgehead atoms. The lowest BCUT2D eigenvalue weighted by Crippen LogP contribution is -2.44. The van der Waals surface area contributed by atoms with Gasteiger partial charge in [0, 0.05) is 30.8 Å². The third kappa shape index (κ3) is 4.84. The van der Waals surface area contributed by atoms with E-state index in [1.54, 1.807) is 0 Å². The maximum Gasteiger partial charge on any atom is 0.407 e. The topological polar surface area (TPSA) is 67.9 Å². The maximum atomic E-state index is 12.9. The van der Waals surface area contributed by atoms with Gasteiger partial charge in [0.05, 0.1) is 24.2 Å². The van der Waals surface area contributed by atoms with E-state index in [-0.39, 0.29) is 12.0 Å². The molecule has 1 heterocycles. The largest absolute Gasteiger partial charge is 0.444 e.